The molecule has 0 atom stereocenters. The molecule has 0 saturated carbocycles. The monoisotopic (exact) mass is 392 g/mol. The quantitative estimate of drug-likeness (QED) is 0.741. The van der Waals surface area contributed by atoms with Gasteiger partial charge in [0.15, 0.2) is 0 Å². The minimum Gasteiger partial charge on any atom is -0.267 e. The van der Waals surface area contributed by atoms with E-state index in [4.69, 9.17) is 11.6 Å². The molecule has 1 aromatic carbocycles. The summed E-state index contributed by atoms with van der Waals surface area (Å²) in [5.41, 5.74) is 0.356. The van der Waals surface area contributed by atoms with Crippen LogP contribution in [0.3, 0.4) is 0 Å². The van der Waals surface area contributed by atoms with Gasteiger partial charge in [0, 0.05) is 17.2 Å². The van der Waals surface area contributed by atoms with Crippen LogP contribution in [-0.4, -0.2) is 19.9 Å². The maximum Gasteiger partial charge on any atom is 0.267 e. The van der Waals surface area contributed by atoms with Crippen molar-refractivity contribution in [2.75, 3.05) is 10.8 Å². The molecule has 0 aliphatic heterocycles. The van der Waals surface area contributed by atoms with Crippen LogP contribution < -0.4 is 4.31 Å². The first-order chi connectivity index (χ1) is 9.86. The first kappa shape index (κ1) is 16.2. The van der Waals surface area contributed by atoms with Crippen LogP contribution in [0.15, 0.2) is 45.9 Å². The third kappa shape index (κ3) is 3.36. The van der Waals surface area contributed by atoms with Crippen molar-refractivity contribution in [1.29, 1.82) is 0 Å². The second-order valence-corrected chi connectivity index (χ2v) is 7.19. The fraction of sp³-hybridized carbons (Fsp3) is 0.154. The summed E-state index contributed by atoms with van der Waals surface area (Å²) in [6.45, 7) is 1.86. The summed E-state index contributed by atoms with van der Waals surface area (Å²) in [5, 5.41) is -0.112. The predicted molar refractivity (Wildman–Crippen MR) is 83.6 cm³/mol. The normalized spacial score (nSPS) is 11.4. The highest BCUT2D eigenvalue weighted by Crippen LogP contribution is 2.29. The molecule has 2 aromatic rings. The molecule has 0 saturated heterocycles. The topological polar surface area (TPSA) is 50.3 Å². The van der Waals surface area contributed by atoms with Crippen LogP contribution in [0.2, 0.25) is 5.15 Å². The standard InChI is InChI=1S/C13H11BrClFN2O2S/c1-2-18(11-5-3-10(16)4-6-11)21(19,20)12-7-9(14)8-17-13(12)15/h3-8H,2H2,1H3. The second kappa shape index (κ2) is 6.29. The Morgan fingerprint density at radius 3 is 2.52 bits per heavy atom. The van der Waals surface area contributed by atoms with Gasteiger partial charge in [0.25, 0.3) is 10.0 Å². The van der Waals surface area contributed by atoms with Gasteiger partial charge in [0.05, 0.1) is 5.69 Å². The highest BCUT2D eigenvalue weighted by atomic mass is 79.9. The number of benzene rings is 1. The van der Waals surface area contributed by atoms with E-state index in [0.29, 0.717) is 10.2 Å². The van der Waals surface area contributed by atoms with Gasteiger partial charge in [-0.2, -0.15) is 0 Å². The summed E-state index contributed by atoms with van der Waals surface area (Å²) in [4.78, 5) is 3.72. The molecule has 0 fully saturated rings. The third-order valence-electron chi connectivity index (χ3n) is 2.74. The Morgan fingerprint density at radius 2 is 1.95 bits per heavy atom. The van der Waals surface area contributed by atoms with Crippen LogP contribution in [0.5, 0.6) is 0 Å². The SMILES string of the molecule is CCN(c1ccc(F)cc1)S(=O)(=O)c1cc(Br)cnc1Cl. The molecule has 21 heavy (non-hydrogen) atoms. The van der Waals surface area contributed by atoms with Crippen LogP contribution in [0.4, 0.5) is 10.1 Å². The van der Waals surface area contributed by atoms with Crippen LogP contribution in [-0.2, 0) is 10.0 Å². The van der Waals surface area contributed by atoms with Crippen molar-refractivity contribution in [1.82, 2.24) is 4.98 Å². The highest BCUT2D eigenvalue weighted by Gasteiger charge is 2.27. The summed E-state index contributed by atoms with van der Waals surface area (Å²) in [6.07, 6.45) is 1.41. The van der Waals surface area contributed by atoms with E-state index in [1.165, 1.54) is 36.5 Å². The van der Waals surface area contributed by atoms with E-state index in [0.717, 1.165) is 4.31 Å². The van der Waals surface area contributed by atoms with Crippen LogP contribution >= 0.6 is 27.5 Å². The summed E-state index contributed by atoms with van der Waals surface area (Å²) >= 11 is 9.07. The highest BCUT2D eigenvalue weighted by molar-refractivity contribution is 9.10. The van der Waals surface area contributed by atoms with Gasteiger partial charge in [-0.15, -0.1) is 0 Å². The largest absolute Gasteiger partial charge is 0.267 e. The maximum absolute atomic E-state index is 13.0. The smallest absolute Gasteiger partial charge is 0.267 e. The first-order valence-corrected chi connectivity index (χ1v) is 8.56. The van der Waals surface area contributed by atoms with Crippen molar-refractivity contribution in [3.63, 3.8) is 0 Å². The van der Waals surface area contributed by atoms with Gasteiger partial charge in [-0.1, -0.05) is 11.6 Å². The van der Waals surface area contributed by atoms with Gasteiger partial charge in [-0.05, 0) is 53.2 Å². The van der Waals surface area contributed by atoms with Gasteiger partial charge < -0.3 is 0 Å². The third-order valence-corrected chi connectivity index (χ3v) is 5.51. The van der Waals surface area contributed by atoms with Crippen molar-refractivity contribution in [2.45, 2.75) is 11.8 Å². The molecule has 4 nitrogen and oxygen atoms in total. The second-order valence-electron chi connectivity index (χ2n) is 4.09. The predicted octanol–water partition coefficient (Wildman–Crippen LogP) is 3.85. The number of sulfonamides is 1. The summed E-state index contributed by atoms with van der Waals surface area (Å²) in [7, 11) is -3.88. The van der Waals surface area contributed by atoms with Gasteiger partial charge >= 0.3 is 0 Å². The Kier molecular flexibility index (Phi) is 4.85. The van der Waals surface area contributed by atoms with E-state index in [9.17, 15) is 12.8 Å². The molecule has 8 heteroatoms. The Bertz CT molecular complexity index is 753. The lowest BCUT2D eigenvalue weighted by molar-refractivity contribution is 0.591. The van der Waals surface area contributed by atoms with Crippen LogP contribution in [0.1, 0.15) is 6.92 Å². The van der Waals surface area contributed by atoms with Crippen molar-refractivity contribution >= 4 is 43.2 Å². The number of rotatable bonds is 4. The molecule has 0 aliphatic carbocycles. The molecule has 0 aliphatic rings. The average Bonchev–Trinajstić information content (AvgIpc) is 2.44. The molecule has 0 radical (unpaired) electrons. The van der Waals surface area contributed by atoms with Gasteiger partial charge in [0.1, 0.15) is 15.9 Å². The molecule has 1 aromatic heterocycles. The molecular weight excluding hydrogens is 383 g/mol. The zero-order chi connectivity index (χ0) is 15.6. The fourth-order valence-corrected chi connectivity index (χ4v) is 4.20. The molecule has 0 spiro atoms. The van der Waals surface area contributed by atoms with Gasteiger partial charge in [-0.3, -0.25) is 4.31 Å². The molecule has 0 N–H and O–H groups in total. The Balaban J connectivity index is 2.54. The minimum absolute atomic E-state index is 0.107. The molecule has 112 valence electrons. The first-order valence-electron chi connectivity index (χ1n) is 5.95. The zero-order valence-electron chi connectivity index (χ0n) is 10.9. The lowest BCUT2D eigenvalue weighted by Crippen LogP contribution is -2.31. The zero-order valence-corrected chi connectivity index (χ0v) is 14.1. The molecule has 2 rings (SSSR count). The number of halogens is 3. The van der Waals surface area contributed by atoms with Crippen LogP contribution in [0.25, 0.3) is 0 Å². The summed E-state index contributed by atoms with van der Waals surface area (Å²) < 4.78 is 40.0. The van der Waals surface area contributed by atoms with E-state index >= 15 is 0 Å². The minimum atomic E-state index is -3.88. The Labute approximate surface area is 135 Å². The lowest BCUT2D eigenvalue weighted by Gasteiger charge is -2.23. The summed E-state index contributed by atoms with van der Waals surface area (Å²) in [5.74, 6) is -0.436. The molecular formula is C13H11BrClFN2O2S. The number of pyridine rings is 1. The van der Waals surface area contributed by atoms with E-state index in [1.807, 2.05) is 0 Å². The van der Waals surface area contributed by atoms with Crippen molar-refractivity contribution in [3.8, 4) is 0 Å². The van der Waals surface area contributed by atoms with Gasteiger partial charge in [0.2, 0.25) is 0 Å². The van der Waals surface area contributed by atoms with E-state index < -0.39 is 15.8 Å². The number of anilines is 1. The van der Waals surface area contributed by atoms with Crippen molar-refractivity contribution < 1.29 is 12.8 Å². The molecule has 0 bridgehead atoms. The van der Waals surface area contributed by atoms with Crippen molar-refractivity contribution in [3.05, 3.63) is 52.0 Å². The number of nitrogens with zero attached hydrogens (tertiary/aromatic N) is 2. The maximum atomic E-state index is 13.0. The molecule has 0 amide bonds. The van der Waals surface area contributed by atoms with E-state index in [-0.39, 0.29) is 16.6 Å². The Morgan fingerprint density at radius 1 is 1.33 bits per heavy atom. The van der Waals surface area contributed by atoms with Gasteiger partial charge in [-0.25, -0.2) is 17.8 Å². The lowest BCUT2D eigenvalue weighted by atomic mass is 10.3. The van der Waals surface area contributed by atoms with E-state index in [1.54, 1.807) is 6.92 Å². The van der Waals surface area contributed by atoms with Crippen LogP contribution in [0, 0.1) is 5.82 Å². The fourth-order valence-electron chi connectivity index (χ4n) is 1.80. The summed E-state index contributed by atoms with van der Waals surface area (Å²) in [6, 6.07) is 6.59. The number of hydrogen-bond donors (Lipinski definition) is 0. The number of aromatic nitrogens is 1. The Hall–Kier alpha value is -1.18. The molecule has 1 heterocycles. The van der Waals surface area contributed by atoms with E-state index in [2.05, 4.69) is 20.9 Å². The average molecular weight is 394 g/mol. The number of hydrogen-bond acceptors (Lipinski definition) is 3. The van der Waals surface area contributed by atoms with Crippen molar-refractivity contribution in [2.24, 2.45) is 0 Å². The molecule has 0 unspecified atom stereocenters.